The molecule has 7 nitrogen and oxygen atoms in total. The van der Waals surface area contributed by atoms with Crippen molar-refractivity contribution in [3.05, 3.63) is 48.2 Å². The van der Waals surface area contributed by atoms with E-state index in [1.807, 2.05) is 37.9 Å². The number of likely N-dealkylation sites (tertiary alicyclic amines) is 1. The third-order valence-corrected chi connectivity index (χ3v) is 7.50. The van der Waals surface area contributed by atoms with Crippen LogP contribution in [0.4, 0.5) is 4.79 Å². The molecule has 1 amide bonds. The molecule has 1 saturated carbocycles. The van der Waals surface area contributed by atoms with Crippen molar-refractivity contribution in [3.63, 3.8) is 0 Å². The number of hydrogen-bond donors (Lipinski definition) is 0. The third kappa shape index (κ3) is 6.36. The molecule has 4 rings (SSSR count). The van der Waals surface area contributed by atoms with E-state index in [9.17, 15) is 13.2 Å². The smallest absolute Gasteiger partial charge is 0.410 e. The highest BCUT2D eigenvalue weighted by atomic mass is 32.2. The van der Waals surface area contributed by atoms with Crippen LogP contribution in [0.25, 0.3) is 11.3 Å². The molecule has 184 valence electrons. The maximum Gasteiger partial charge on any atom is 0.410 e. The molecule has 2 fully saturated rings. The highest BCUT2D eigenvalue weighted by molar-refractivity contribution is 7.90. The number of amides is 1. The van der Waals surface area contributed by atoms with Gasteiger partial charge in [0, 0.05) is 49.7 Å². The first kappa shape index (κ1) is 24.7. The van der Waals surface area contributed by atoms with Gasteiger partial charge in [0.2, 0.25) is 0 Å². The second-order valence-electron chi connectivity index (χ2n) is 10.5. The van der Waals surface area contributed by atoms with E-state index in [1.54, 1.807) is 24.3 Å². The Balaban J connectivity index is 1.37. The number of carbonyl (C=O) groups is 1. The van der Waals surface area contributed by atoms with Crippen LogP contribution in [0.15, 0.2) is 47.5 Å². The van der Waals surface area contributed by atoms with Crippen molar-refractivity contribution < 1.29 is 17.9 Å². The van der Waals surface area contributed by atoms with Crippen LogP contribution in [0.1, 0.15) is 52.0 Å². The Labute approximate surface area is 203 Å². The average Bonchev–Trinajstić information content (AvgIpc) is 3.62. The van der Waals surface area contributed by atoms with Crippen LogP contribution in [0.2, 0.25) is 0 Å². The van der Waals surface area contributed by atoms with Gasteiger partial charge >= 0.3 is 6.09 Å². The zero-order chi connectivity index (χ0) is 24.5. The van der Waals surface area contributed by atoms with Gasteiger partial charge in [-0.05, 0) is 70.2 Å². The van der Waals surface area contributed by atoms with E-state index in [1.165, 1.54) is 19.1 Å². The lowest BCUT2D eigenvalue weighted by Gasteiger charge is -2.39. The molecule has 2 aliphatic rings. The SMILES string of the molecule is CC(C)(C)OC(=O)N1CCC(N(Cc2ccc(-c3ccc(S(C)(=O)=O)cc3)nc2)C2CC2)CC1. The van der Waals surface area contributed by atoms with Crippen LogP contribution in [-0.4, -0.2) is 66.3 Å². The Morgan fingerprint density at radius 1 is 1.03 bits per heavy atom. The first-order valence-corrected chi connectivity index (χ1v) is 13.9. The quantitative estimate of drug-likeness (QED) is 0.599. The maximum absolute atomic E-state index is 12.4. The molecular formula is C26H35N3O4S. The van der Waals surface area contributed by atoms with Crippen LogP contribution < -0.4 is 0 Å². The Bertz CT molecular complexity index is 1100. The molecule has 1 aliphatic heterocycles. The molecule has 2 aromatic rings. The summed E-state index contributed by atoms with van der Waals surface area (Å²) in [7, 11) is -3.21. The highest BCUT2D eigenvalue weighted by Crippen LogP contribution is 2.33. The number of benzene rings is 1. The fraction of sp³-hybridized carbons (Fsp3) is 0.538. The van der Waals surface area contributed by atoms with Gasteiger partial charge in [-0.2, -0.15) is 0 Å². The fourth-order valence-corrected chi connectivity index (χ4v) is 5.07. The molecule has 0 atom stereocenters. The normalized spacial score (nSPS) is 17.7. The molecular weight excluding hydrogens is 450 g/mol. The second-order valence-corrected chi connectivity index (χ2v) is 12.5. The van der Waals surface area contributed by atoms with E-state index in [-0.39, 0.29) is 6.09 Å². The van der Waals surface area contributed by atoms with Gasteiger partial charge in [0.1, 0.15) is 5.60 Å². The number of nitrogens with zero attached hydrogens (tertiary/aromatic N) is 3. The van der Waals surface area contributed by atoms with Crippen LogP contribution >= 0.6 is 0 Å². The average molecular weight is 486 g/mol. The maximum atomic E-state index is 12.4. The van der Waals surface area contributed by atoms with Crippen molar-refractivity contribution in [1.29, 1.82) is 0 Å². The van der Waals surface area contributed by atoms with E-state index < -0.39 is 15.4 Å². The van der Waals surface area contributed by atoms with Gasteiger partial charge in [0.05, 0.1) is 10.6 Å². The molecule has 1 aliphatic carbocycles. The van der Waals surface area contributed by atoms with E-state index in [2.05, 4.69) is 16.0 Å². The van der Waals surface area contributed by atoms with Crippen molar-refractivity contribution in [3.8, 4) is 11.3 Å². The number of carbonyl (C=O) groups excluding carboxylic acids is 1. The highest BCUT2D eigenvalue weighted by Gasteiger charge is 2.36. The number of sulfone groups is 1. The fourth-order valence-electron chi connectivity index (χ4n) is 4.44. The summed E-state index contributed by atoms with van der Waals surface area (Å²) in [4.78, 5) is 21.8. The predicted octanol–water partition coefficient (Wildman–Crippen LogP) is 4.52. The van der Waals surface area contributed by atoms with Crippen molar-refractivity contribution >= 4 is 15.9 Å². The van der Waals surface area contributed by atoms with Gasteiger partial charge in [-0.15, -0.1) is 0 Å². The van der Waals surface area contributed by atoms with Crippen LogP contribution in [-0.2, 0) is 21.1 Å². The molecule has 0 N–H and O–H groups in total. The lowest BCUT2D eigenvalue weighted by molar-refractivity contribution is 0.0131. The Morgan fingerprint density at radius 2 is 1.65 bits per heavy atom. The number of rotatable bonds is 6. The second kappa shape index (κ2) is 9.66. The van der Waals surface area contributed by atoms with E-state index >= 15 is 0 Å². The first-order chi connectivity index (χ1) is 16.0. The number of aromatic nitrogens is 1. The molecule has 1 aromatic heterocycles. The van der Waals surface area contributed by atoms with Gasteiger partial charge in [-0.3, -0.25) is 9.88 Å². The Kier molecular flexibility index (Phi) is 7.01. The summed E-state index contributed by atoms with van der Waals surface area (Å²) in [5.74, 6) is 0. The third-order valence-electron chi connectivity index (χ3n) is 6.37. The van der Waals surface area contributed by atoms with E-state index in [4.69, 9.17) is 4.74 Å². The number of piperidine rings is 1. The molecule has 0 bridgehead atoms. The Hall–Kier alpha value is -2.45. The van der Waals surface area contributed by atoms with E-state index in [0.717, 1.165) is 49.3 Å². The summed E-state index contributed by atoms with van der Waals surface area (Å²) in [5, 5.41) is 0. The number of pyridine rings is 1. The molecule has 0 radical (unpaired) electrons. The number of hydrogen-bond acceptors (Lipinski definition) is 6. The first-order valence-electron chi connectivity index (χ1n) is 12.0. The van der Waals surface area contributed by atoms with Gasteiger partial charge in [0.25, 0.3) is 0 Å². The standard InChI is InChI=1S/C26H35N3O4S/c1-26(2,3)33-25(30)28-15-13-22(14-16-28)29(21-8-9-21)18-19-5-12-24(27-17-19)20-6-10-23(11-7-20)34(4,31)32/h5-7,10-12,17,21-22H,8-9,13-16,18H2,1-4H3. The zero-order valence-electron chi connectivity index (χ0n) is 20.5. The predicted molar refractivity (Wildman–Crippen MR) is 132 cm³/mol. The molecule has 1 aromatic carbocycles. The summed E-state index contributed by atoms with van der Waals surface area (Å²) in [6, 6.07) is 12.0. The van der Waals surface area contributed by atoms with Crippen molar-refractivity contribution in [1.82, 2.24) is 14.8 Å². The summed E-state index contributed by atoms with van der Waals surface area (Å²) in [6.07, 6.45) is 7.28. The van der Waals surface area contributed by atoms with Crippen molar-refractivity contribution in [2.24, 2.45) is 0 Å². The van der Waals surface area contributed by atoms with E-state index in [0.29, 0.717) is 17.0 Å². The number of ether oxygens (including phenoxy) is 1. The topological polar surface area (TPSA) is 79.8 Å². The molecule has 0 spiro atoms. The molecule has 8 heteroatoms. The minimum absolute atomic E-state index is 0.215. The summed E-state index contributed by atoms with van der Waals surface area (Å²) < 4.78 is 28.9. The van der Waals surface area contributed by atoms with Crippen molar-refractivity contribution in [2.75, 3.05) is 19.3 Å². The van der Waals surface area contributed by atoms with Gasteiger partial charge in [0.15, 0.2) is 9.84 Å². The lowest BCUT2D eigenvalue weighted by Crippen LogP contribution is -2.48. The minimum Gasteiger partial charge on any atom is -0.444 e. The largest absolute Gasteiger partial charge is 0.444 e. The molecule has 34 heavy (non-hydrogen) atoms. The summed E-state index contributed by atoms with van der Waals surface area (Å²) in [5.41, 5.74) is 2.42. The zero-order valence-corrected chi connectivity index (χ0v) is 21.3. The summed E-state index contributed by atoms with van der Waals surface area (Å²) >= 11 is 0. The molecule has 0 unspecified atom stereocenters. The Morgan fingerprint density at radius 3 is 2.15 bits per heavy atom. The van der Waals surface area contributed by atoms with Gasteiger partial charge in [-0.25, -0.2) is 13.2 Å². The van der Waals surface area contributed by atoms with Crippen LogP contribution in [0, 0.1) is 0 Å². The molecule has 1 saturated heterocycles. The van der Waals surface area contributed by atoms with Crippen molar-refractivity contribution in [2.45, 2.75) is 75.6 Å². The minimum atomic E-state index is -3.21. The summed E-state index contributed by atoms with van der Waals surface area (Å²) in [6.45, 7) is 8.00. The lowest BCUT2D eigenvalue weighted by atomic mass is 10.0. The van der Waals surface area contributed by atoms with Crippen LogP contribution in [0.3, 0.4) is 0 Å². The molecule has 2 heterocycles. The monoisotopic (exact) mass is 485 g/mol. The van der Waals surface area contributed by atoms with Crippen LogP contribution in [0.5, 0.6) is 0 Å². The van der Waals surface area contributed by atoms with Gasteiger partial charge < -0.3 is 9.64 Å². The van der Waals surface area contributed by atoms with Gasteiger partial charge in [-0.1, -0.05) is 18.2 Å².